The van der Waals surface area contributed by atoms with Gasteiger partial charge in [0.15, 0.2) is 0 Å². The van der Waals surface area contributed by atoms with Crippen LogP contribution < -0.4 is 0 Å². The summed E-state index contributed by atoms with van der Waals surface area (Å²) in [6.07, 6.45) is 0. The number of phenols is 1. The maximum atomic E-state index is 9.59. The number of hydrogen-bond acceptors (Lipinski definition) is 3. The highest BCUT2D eigenvalue weighted by atomic mass is 16.5. The standard InChI is InChI=1S/C6H6O.C3H6O2.C2H6/c7-6-4-2-1-3-5-6;1-3(4)5-2;1-2/h1-5,7H;1-2H3;1-2H3. The zero-order valence-corrected chi connectivity index (χ0v) is 9.15. The van der Waals surface area contributed by atoms with Crippen LogP contribution in [0.4, 0.5) is 0 Å². The lowest BCUT2D eigenvalue weighted by Gasteiger charge is -1.82. The first-order chi connectivity index (χ1) is 6.66. The van der Waals surface area contributed by atoms with Crippen molar-refractivity contribution in [3.8, 4) is 5.75 Å². The molecular weight excluding hydrogens is 180 g/mol. The minimum Gasteiger partial charge on any atom is -0.508 e. The highest BCUT2D eigenvalue weighted by molar-refractivity contribution is 5.65. The summed E-state index contributed by atoms with van der Waals surface area (Å²) in [6, 6.07) is 8.71. The van der Waals surface area contributed by atoms with E-state index in [1.807, 2.05) is 19.9 Å². The Labute approximate surface area is 85.3 Å². The van der Waals surface area contributed by atoms with E-state index in [-0.39, 0.29) is 5.97 Å². The maximum Gasteiger partial charge on any atom is 0.302 e. The molecule has 0 unspecified atom stereocenters. The van der Waals surface area contributed by atoms with E-state index in [0.29, 0.717) is 5.75 Å². The summed E-state index contributed by atoms with van der Waals surface area (Å²) >= 11 is 0. The van der Waals surface area contributed by atoms with E-state index in [1.54, 1.807) is 24.3 Å². The molecule has 1 aromatic carbocycles. The van der Waals surface area contributed by atoms with E-state index < -0.39 is 0 Å². The fourth-order valence-electron chi connectivity index (χ4n) is 0.428. The molecule has 0 amide bonds. The molecular formula is C11H18O3. The van der Waals surface area contributed by atoms with Crippen molar-refractivity contribution in [1.29, 1.82) is 0 Å². The van der Waals surface area contributed by atoms with Gasteiger partial charge in [0.2, 0.25) is 0 Å². The topological polar surface area (TPSA) is 46.5 Å². The molecule has 1 rings (SSSR count). The molecule has 0 saturated heterocycles. The molecule has 0 aliphatic heterocycles. The van der Waals surface area contributed by atoms with Crippen molar-refractivity contribution in [2.45, 2.75) is 20.8 Å². The SMILES string of the molecule is CC.COC(C)=O.Oc1ccccc1. The van der Waals surface area contributed by atoms with Gasteiger partial charge < -0.3 is 9.84 Å². The second-order valence-electron chi connectivity index (χ2n) is 2.03. The quantitative estimate of drug-likeness (QED) is 0.652. The summed E-state index contributed by atoms with van der Waals surface area (Å²) in [5, 5.41) is 8.63. The van der Waals surface area contributed by atoms with E-state index >= 15 is 0 Å². The van der Waals surface area contributed by atoms with Gasteiger partial charge in [-0.2, -0.15) is 0 Å². The third-order valence-corrected chi connectivity index (χ3v) is 1.04. The highest BCUT2D eigenvalue weighted by Gasteiger charge is 1.75. The molecule has 1 N–H and O–H groups in total. The molecule has 0 heterocycles. The van der Waals surface area contributed by atoms with Gasteiger partial charge in [0.25, 0.3) is 0 Å². The van der Waals surface area contributed by atoms with Gasteiger partial charge in [0.1, 0.15) is 5.75 Å². The Hall–Kier alpha value is -1.51. The first kappa shape index (κ1) is 15.0. The summed E-state index contributed by atoms with van der Waals surface area (Å²) in [6.45, 7) is 5.36. The molecule has 1 aromatic rings. The first-order valence-electron chi connectivity index (χ1n) is 4.45. The smallest absolute Gasteiger partial charge is 0.302 e. The fourth-order valence-corrected chi connectivity index (χ4v) is 0.428. The van der Waals surface area contributed by atoms with Gasteiger partial charge in [0.05, 0.1) is 7.11 Å². The Morgan fingerprint density at radius 2 is 1.57 bits per heavy atom. The molecule has 0 aromatic heterocycles. The predicted molar refractivity (Wildman–Crippen MR) is 57.1 cm³/mol. The number of phenolic OH excluding ortho intramolecular Hbond substituents is 1. The largest absolute Gasteiger partial charge is 0.508 e. The Balaban J connectivity index is 0. The van der Waals surface area contributed by atoms with E-state index in [1.165, 1.54) is 14.0 Å². The van der Waals surface area contributed by atoms with Crippen molar-refractivity contribution >= 4 is 5.97 Å². The predicted octanol–water partition coefficient (Wildman–Crippen LogP) is 2.60. The molecule has 3 heteroatoms. The molecule has 80 valence electrons. The van der Waals surface area contributed by atoms with Crippen molar-refractivity contribution < 1.29 is 14.6 Å². The average Bonchev–Trinajstić information content (AvgIpc) is 2.23. The first-order valence-corrected chi connectivity index (χ1v) is 4.45. The Morgan fingerprint density at radius 1 is 1.21 bits per heavy atom. The van der Waals surface area contributed by atoms with Crippen molar-refractivity contribution in [2.24, 2.45) is 0 Å². The van der Waals surface area contributed by atoms with E-state index in [2.05, 4.69) is 4.74 Å². The van der Waals surface area contributed by atoms with E-state index in [9.17, 15) is 4.79 Å². The van der Waals surface area contributed by atoms with Crippen molar-refractivity contribution in [3.63, 3.8) is 0 Å². The normalized spacial score (nSPS) is 7.14. The molecule has 3 nitrogen and oxygen atoms in total. The van der Waals surface area contributed by atoms with Crippen LogP contribution in [-0.2, 0) is 9.53 Å². The van der Waals surface area contributed by atoms with Crippen LogP contribution in [0.15, 0.2) is 30.3 Å². The molecule has 0 atom stereocenters. The number of para-hydroxylation sites is 1. The summed E-state index contributed by atoms with van der Waals surface area (Å²) in [4.78, 5) is 9.59. The number of rotatable bonds is 0. The average molecular weight is 198 g/mol. The van der Waals surface area contributed by atoms with Gasteiger partial charge in [-0.3, -0.25) is 4.79 Å². The number of ether oxygens (including phenoxy) is 1. The molecule has 14 heavy (non-hydrogen) atoms. The summed E-state index contributed by atoms with van der Waals surface area (Å²) in [7, 11) is 1.35. The van der Waals surface area contributed by atoms with Crippen LogP contribution in [0.3, 0.4) is 0 Å². The lowest BCUT2D eigenvalue weighted by molar-refractivity contribution is -0.137. The second-order valence-corrected chi connectivity index (χ2v) is 2.03. The van der Waals surface area contributed by atoms with Gasteiger partial charge in [0, 0.05) is 6.92 Å². The lowest BCUT2D eigenvalue weighted by Crippen LogP contribution is -1.88. The van der Waals surface area contributed by atoms with Gasteiger partial charge in [-0.05, 0) is 12.1 Å². The van der Waals surface area contributed by atoms with Crippen LogP contribution in [0.25, 0.3) is 0 Å². The van der Waals surface area contributed by atoms with Crippen LogP contribution in [0.2, 0.25) is 0 Å². The van der Waals surface area contributed by atoms with Gasteiger partial charge in [-0.25, -0.2) is 0 Å². The minimum atomic E-state index is -0.245. The number of carbonyl (C=O) groups excluding carboxylic acids is 1. The third kappa shape index (κ3) is 13.1. The number of hydrogen-bond donors (Lipinski definition) is 1. The van der Waals surface area contributed by atoms with Crippen molar-refractivity contribution in [3.05, 3.63) is 30.3 Å². The number of benzene rings is 1. The summed E-state index contributed by atoms with van der Waals surface area (Å²) in [5.41, 5.74) is 0. The molecule has 0 radical (unpaired) electrons. The van der Waals surface area contributed by atoms with Gasteiger partial charge in [-0.15, -0.1) is 0 Å². The van der Waals surface area contributed by atoms with Crippen LogP contribution in [0.1, 0.15) is 20.8 Å². The molecule has 0 saturated carbocycles. The second kappa shape index (κ2) is 11.5. The van der Waals surface area contributed by atoms with E-state index in [0.717, 1.165) is 0 Å². The molecule has 0 bridgehead atoms. The molecule has 0 aliphatic rings. The van der Waals surface area contributed by atoms with Crippen molar-refractivity contribution in [1.82, 2.24) is 0 Å². The van der Waals surface area contributed by atoms with Crippen LogP contribution >= 0.6 is 0 Å². The Bertz CT molecular complexity index is 219. The molecule has 0 fully saturated rings. The zero-order valence-electron chi connectivity index (χ0n) is 9.15. The third-order valence-electron chi connectivity index (χ3n) is 1.04. The van der Waals surface area contributed by atoms with Crippen LogP contribution in [-0.4, -0.2) is 18.2 Å². The molecule has 0 aliphatic carbocycles. The maximum absolute atomic E-state index is 9.59. The fraction of sp³-hybridized carbons (Fsp3) is 0.364. The number of carbonyl (C=O) groups is 1. The minimum absolute atomic E-state index is 0.245. The highest BCUT2D eigenvalue weighted by Crippen LogP contribution is 2.02. The number of methoxy groups -OCH3 is 1. The lowest BCUT2D eigenvalue weighted by atomic mass is 10.3. The number of esters is 1. The summed E-state index contributed by atoms with van der Waals surface area (Å²) in [5.74, 6) is 0.0764. The summed E-state index contributed by atoms with van der Waals surface area (Å²) < 4.78 is 4.11. The van der Waals surface area contributed by atoms with Crippen molar-refractivity contribution in [2.75, 3.05) is 7.11 Å². The number of aromatic hydroxyl groups is 1. The van der Waals surface area contributed by atoms with E-state index in [4.69, 9.17) is 5.11 Å². The van der Waals surface area contributed by atoms with Gasteiger partial charge in [-0.1, -0.05) is 32.0 Å². The zero-order chi connectivity index (χ0) is 11.4. The van der Waals surface area contributed by atoms with Gasteiger partial charge >= 0.3 is 5.97 Å². The Kier molecular flexibility index (Phi) is 12.3. The monoisotopic (exact) mass is 198 g/mol. The molecule has 0 spiro atoms. The van der Waals surface area contributed by atoms with Crippen LogP contribution in [0, 0.1) is 0 Å². The Morgan fingerprint density at radius 3 is 1.71 bits per heavy atom. The van der Waals surface area contributed by atoms with Crippen LogP contribution in [0.5, 0.6) is 5.75 Å².